The molecule has 0 fully saturated rings. The Bertz CT molecular complexity index is 303. The number of hydrogen-bond acceptors (Lipinski definition) is 3. The molecular weight excluding hydrogens is 195 g/mol. The van der Waals surface area contributed by atoms with Crippen LogP contribution in [0.25, 0.3) is 0 Å². The number of benzene rings is 1. The average Bonchev–Trinajstić information content (AvgIpc) is 2.16. The summed E-state index contributed by atoms with van der Waals surface area (Å²) in [6.07, 6.45) is 0. The van der Waals surface area contributed by atoms with E-state index in [0.717, 1.165) is 0 Å². The van der Waals surface area contributed by atoms with Crippen LogP contribution in [0.4, 0.5) is 4.39 Å². The van der Waals surface area contributed by atoms with Crippen molar-refractivity contribution in [3.05, 3.63) is 35.6 Å². The molecule has 0 saturated heterocycles. The minimum Gasteiger partial charge on any atom is -0.272 e. The first-order valence-electron chi connectivity index (χ1n) is 3.57. The van der Waals surface area contributed by atoms with Crippen molar-refractivity contribution in [3.8, 4) is 0 Å². The lowest BCUT2D eigenvalue weighted by atomic mass is 10.2. The van der Waals surface area contributed by atoms with Gasteiger partial charge in [0.2, 0.25) is 0 Å². The minimum atomic E-state index is -1.80. The SMILES string of the molecule is COS(=O)OCc1ccccc1F. The van der Waals surface area contributed by atoms with E-state index in [-0.39, 0.29) is 12.4 Å². The molecule has 3 nitrogen and oxygen atoms in total. The molecule has 0 bridgehead atoms. The largest absolute Gasteiger partial charge is 0.304 e. The van der Waals surface area contributed by atoms with Gasteiger partial charge >= 0.3 is 11.4 Å². The Balaban J connectivity index is 2.54. The quantitative estimate of drug-likeness (QED) is 0.746. The van der Waals surface area contributed by atoms with Crippen LogP contribution in [-0.2, 0) is 26.3 Å². The molecule has 1 atom stereocenters. The highest BCUT2D eigenvalue weighted by Crippen LogP contribution is 2.08. The number of hydrogen-bond donors (Lipinski definition) is 0. The fourth-order valence-corrected chi connectivity index (χ4v) is 1.09. The van der Waals surface area contributed by atoms with Gasteiger partial charge in [0.05, 0.1) is 13.7 Å². The Hall–Kier alpha value is -0.780. The lowest BCUT2D eigenvalue weighted by molar-refractivity contribution is 0.270. The molecule has 1 aromatic carbocycles. The summed E-state index contributed by atoms with van der Waals surface area (Å²) in [5.74, 6) is -0.379. The zero-order valence-corrected chi connectivity index (χ0v) is 7.84. The number of rotatable bonds is 4. The van der Waals surface area contributed by atoms with Gasteiger partial charge in [-0.15, -0.1) is 0 Å². The van der Waals surface area contributed by atoms with Crippen LogP contribution in [-0.4, -0.2) is 11.3 Å². The minimum absolute atomic E-state index is 0.0624. The van der Waals surface area contributed by atoms with Crippen molar-refractivity contribution in [1.82, 2.24) is 0 Å². The summed E-state index contributed by atoms with van der Waals surface area (Å²) >= 11 is -1.80. The van der Waals surface area contributed by atoms with Gasteiger partial charge in [0.25, 0.3) is 0 Å². The third-order valence-corrected chi connectivity index (χ3v) is 1.99. The molecule has 0 aromatic heterocycles. The zero-order chi connectivity index (χ0) is 9.68. The predicted molar refractivity (Wildman–Crippen MR) is 46.3 cm³/mol. The molecule has 1 rings (SSSR count). The second kappa shape index (κ2) is 5.06. The van der Waals surface area contributed by atoms with Crippen LogP contribution in [0, 0.1) is 5.82 Å². The predicted octanol–water partition coefficient (Wildman–Crippen LogP) is 1.57. The Labute approximate surface area is 78.3 Å². The summed E-state index contributed by atoms with van der Waals surface area (Å²) in [5.41, 5.74) is 0.355. The van der Waals surface area contributed by atoms with Crippen LogP contribution in [0.1, 0.15) is 5.56 Å². The lowest BCUT2D eigenvalue weighted by Gasteiger charge is -2.01. The van der Waals surface area contributed by atoms with Gasteiger partial charge in [0.1, 0.15) is 5.82 Å². The van der Waals surface area contributed by atoms with Crippen molar-refractivity contribution in [1.29, 1.82) is 0 Å². The van der Waals surface area contributed by atoms with Crippen LogP contribution in [0.2, 0.25) is 0 Å². The van der Waals surface area contributed by atoms with Gasteiger partial charge in [0.15, 0.2) is 0 Å². The van der Waals surface area contributed by atoms with Crippen LogP contribution < -0.4 is 0 Å². The Morgan fingerprint density at radius 1 is 1.46 bits per heavy atom. The lowest BCUT2D eigenvalue weighted by Crippen LogP contribution is -2.00. The maximum atomic E-state index is 12.9. The fraction of sp³-hybridized carbons (Fsp3) is 0.250. The van der Waals surface area contributed by atoms with E-state index >= 15 is 0 Å². The third-order valence-electron chi connectivity index (χ3n) is 1.40. The smallest absolute Gasteiger partial charge is 0.272 e. The highest BCUT2D eigenvalue weighted by atomic mass is 32.2. The summed E-state index contributed by atoms with van der Waals surface area (Å²) in [4.78, 5) is 0. The summed E-state index contributed by atoms with van der Waals surface area (Å²) in [5, 5.41) is 0. The van der Waals surface area contributed by atoms with Gasteiger partial charge in [-0.2, -0.15) is 4.21 Å². The van der Waals surface area contributed by atoms with E-state index < -0.39 is 11.4 Å². The van der Waals surface area contributed by atoms with Gasteiger partial charge in [-0.05, 0) is 6.07 Å². The zero-order valence-electron chi connectivity index (χ0n) is 7.03. The molecule has 1 unspecified atom stereocenters. The fourth-order valence-electron chi connectivity index (χ4n) is 0.775. The summed E-state index contributed by atoms with van der Waals surface area (Å²) in [6, 6.07) is 6.13. The van der Waals surface area contributed by atoms with Crippen molar-refractivity contribution in [2.24, 2.45) is 0 Å². The molecular formula is C8H9FO3S. The molecule has 13 heavy (non-hydrogen) atoms. The third kappa shape index (κ3) is 3.22. The van der Waals surface area contributed by atoms with E-state index in [1.807, 2.05) is 0 Å². The van der Waals surface area contributed by atoms with E-state index in [2.05, 4.69) is 8.37 Å². The second-order valence-electron chi connectivity index (χ2n) is 2.22. The van der Waals surface area contributed by atoms with E-state index in [1.165, 1.54) is 13.2 Å². The van der Waals surface area contributed by atoms with Crippen molar-refractivity contribution in [2.45, 2.75) is 6.61 Å². The molecule has 0 saturated carbocycles. The topological polar surface area (TPSA) is 35.5 Å². The van der Waals surface area contributed by atoms with E-state index in [9.17, 15) is 8.60 Å². The van der Waals surface area contributed by atoms with E-state index in [0.29, 0.717) is 5.56 Å². The molecule has 0 radical (unpaired) electrons. The molecule has 0 aliphatic carbocycles. The molecule has 0 heterocycles. The maximum Gasteiger partial charge on any atom is 0.304 e. The van der Waals surface area contributed by atoms with Gasteiger partial charge in [-0.25, -0.2) is 4.39 Å². The summed E-state index contributed by atoms with van der Waals surface area (Å²) in [6.45, 7) is -0.0624. The van der Waals surface area contributed by atoms with Gasteiger partial charge < -0.3 is 0 Å². The second-order valence-corrected chi connectivity index (χ2v) is 3.20. The first kappa shape index (κ1) is 10.3. The Morgan fingerprint density at radius 3 is 2.77 bits per heavy atom. The molecule has 0 aliphatic heterocycles. The summed E-state index contributed by atoms with van der Waals surface area (Å²) in [7, 11) is 1.25. The van der Waals surface area contributed by atoms with E-state index in [1.54, 1.807) is 18.2 Å². The van der Waals surface area contributed by atoms with Gasteiger partial charge in [-0.1, -0.05) is 18.2 Å². The molecule has 1 aromatic rings. The molecule has 0 aliphatic rings. The van der Waals surface area contributed by atoms with Crippen LogP contribution in [0.3, 0.4) is 0 Å². The van der Waals surface area contributed by atoms with Crippen LogP contribution in [0.15, 0.2) is 24.3 Å². The van der Waals surface area contributed by atoms with Crippen molar-refractivity contribution in [2.75, 3.05) is 7.11 Å². The molecule has 0 N–H and O–H groups in total. The average molecular weight is 204 g/mol. The van der Waals surface area contributed by atoms with Crippen LogP contribution >= 0.6 is 0 Å². The summed E-state index contributed by atoms with van der Waals surface area (Å²) < 4.78 is 32.6. The van der Waals surface area contributed by atoms with Crippen LogP contribution in [0.5, 0.6) is 0 Å². The Kier molecular flexibility index (Phi) is 4.01. The molecule has 5 heteroatoms. The highest BCUT2D eigenvalue weighted by molar-refractivity contribution is 7.75. The number of halogens is 1. The Morgan fingerprint density at radius 2 is 2.15 bits per heavy atom. The van der Waals surface area contributed by atoms with Crippen molar-refractivity contribution >= 4 is 11.4 Å². The molecule has 72 valence electrons. The van der Waals surface area contributed by atoms with E-state index in [4.69, 9.17) is 0 Å². The maximum absolute atomic E-state index is 12.9. The van der Waals surface area contributed by atoms with Gasteiger partial charge in [0, 0.05) is 5.56 Å². The van der Waals surface area contributed by atoms with Gasteiger partial charge in [-0.3, -0.25) is 8.37 Å². The first-order valence-corrected chi connectivity index (χ1v) is 4.57. The normalized spacial score (nSPS) is 12.8. The standard InChI is InChI=1S/C8H9FO3S/c1-11-13(10)12-6-7-4-2-3-5-8(7)9/h2-5H,6H2,1H3. The highest BCUT2D eigenvalue weighted by Gasteiger charge is 2.03. The molecule has 0 spiro atoms. The monoisotopic (exact) mass is 204 g/mol. The van der Waals surface area contributed by atoms with Crippen molar-refractivity contribution in [3.63, 3.8) is 0 Å². The molecule has 0 amide bonds. The first-order chi connectivity index (χ1) is 6.24. The van der Waals surface area contributed by atoms with Crippen molar-refractivity contribution < 1.29 is 17.0 Å².